The molecule has 2 aliphatic heterocycles. The molecule has 2 aliphatic rings. The molecule has 1 aromatic rings. The number of anilines is 3. The second kappa shape index (κ2) is 12.1. The van der Waals surface area contributed by atoms with Crippen molar-refractivity contribution in [2.24, 2.45) is 0 Å². The quantitative estimate of drug-likeness (QED) is 0.401. The van der Waals surface area contributed by atoms with Crippen molar-refractivity contribution in [2.75, 3.05) is 55.0 Å². The van der Waals surface area contributed by atoms with E-state index in [-0.39, 0.29) is 23.3 Å². The van der Waals surface area contributed by atoms with Crippen LogP contribution in [0.3, 0.4) is 0 Å². The summed E-state index contributed by atoms with van der Waals surface area (Å²) in [5.74, 6) is 7.27. The van der Waals surface area contributed by atoms with E-state index in [1.165, 1.54) is 0 Å². The Bertz CT molecular complexity index is 893. The minimum Gasteiger partial charge on any atom is -0.462 e. The van der Waals surface area contributed by atoms with Crippen LogP contribution in [0.5, 0.6) is 0 Å². The Morgan fingerprint density at radius 1 is 1.27 bits per heavy atom. The smallest absolute Gasteiger partial charge is 0.293 e. The van der Waals surface area contributed by atoms with Gasteiger partial charge in [0.2, 0.25) is 11.2 Å². The fraction of sp³-hybridized carbons (Fsp3) is 0.652. The van der Waals surface area contributed by atoms with Crippen LogP contribution in [0.15, 0.2) is 0 Å². The number of hydrogen-bond donors (Lipinski definition) is 1. The summed E-state index contributed by atoms with van der Waals surface area (Å²) in [4.78, 5) is 37.0. The van der Waals surface area contributed by atoms with Gasteiger partial charge < -0.3 is 19.9 Å². The highest BCUT2D eigenvalue weighted by Gasteiger charge is 2.34. The number of hydrogen-bond acceptors (Lipinski definition) is 8. The summed E-state index contributed by atoms with van der Waals surface area (Å²) in [6, 6.07) is 0.378. The molecule has 1 amide bonds. The Hall–Kier alpha value is -2.57. The van der Waals surface area contributed by atoms with Crippen LogP contribution in [-0.2, 0) is 14.3 Å². The lowest BCUT2D eigenvalue weighted by Crippen LogP contribution is -2.47. The van der Waals surface area contributed by atoms with Crippen molar-refractivity contribution in [1.29, 1.82) is 0 Å². The number of halogens is 1. The summed E-state index contributed by atoms with van der Waals surface area (Å²) >= 11 is 6.24. The molecular weight excluding hydrogens is 444 g/mol. The van der Waals surface area contributed by atoms with Crippen molar-refractivity contribution in [1.82, 2.24) is 15.3 Å². The van der Waals surface area contributed by atoms with Gasteiger partial charge >= 0.3 is 0 Å². The van der Waals surface area contributed by atoms with E-state index < -0.39 is 0 Å². The molecule has 0 bridgehead atoms. The van der Waals surface area contributed by atoms with Gasteiger partial charge in [0.25, 0.3) is 6.47 Å². The van der Waals surface area contributed by atoms with Gasteiger partial charge in [-0.25, -0.2) is 0 Å². The van der Waals surface area contributed by atoms with Gasteiger partial charge in [-0.05, 0) is 59.2 Å². The molecule has 10 heteroatoms. The number of carbonyl (C=O) groups excluding carboxylic acids is 2. The van der Waals surface area contributed by atoms with Crippen molar-refractivity contribution in [3.8, 4) is 11.8 Å². The maximum Gasteiger partial charge on any atom is 0.293 e. The first-order chi connectivity index (χ1) is 15.6. The summed E-state index contributed by atoms with van der Waals surface area (Å²) in [5, 5.41) is 3.57. The summed E-state index contributed by atoms with van der Waals surface area (Å²) in [5.41, 5.74) is 0.398. The first kappa shape index (κ1) is 26.7. The number of fused-ring (bicyclic) bond motifs is 1. The van der Waals surface area contributed by atoms with Gasteiger partial charge in [0.05, 0.1) is 13.1 Å². The van der Waals surface area contributed by atoms with Crippen LogP contribution in [0, 0.1) is 11.8 Å². The molecule has 1 N–H and O–H groups in total. The monoisotopic (exact) mass is 478 g/mol. The predicted octanol–water partition coefficient (Wildman–Crippen LogP) is 2.47. The maximum absolute atomic E-state index is 12.7. The number of rotatable bonds is 4. The summed E-state index contributed by atoms with van der Waals surface area (Å²) in [6.07, 6.45) is 3.36. The third-order valence-electron chi connectivity index (χ3n) is 5.32. The summed E-state index contributed by atoms with van der Waals surface area (Å²) in [7, 11) is 3.84. The second-order valence-electron chi connectivity index (χ2n) is 9.01. The fourth-order valence-electron chi connectivity index (χ4n) is 3.66. The molecule has 1 atom stereocenters. The predicted molar refractivity (Wildman–Crippen MR) is 132 cm³/mol. The van der Waals surface area contributed by atoms with E-state index in [2.05, 4.69) is 36.8 Å². The highest BCUT2D eigenvalue weighted by atomic mass is 35.5. The molecule has 3 heterocycles. The average Bonchev–Trinajstić information content (AvgIpc) is 2.99. The van der Waals surface area contributed by atoms with Crippen molar-refractivity contribution >= 4 is 41.3 Å². The lowest BCUT2D eigenvalue weighted by atomic mass is 10.1. The first-order valence-corrected chi connectivity index (χ1v) is 11.5. The van der Waals surface area contributed by atoms with Gasteiger partial charge in [-0.3, -0.25) is 14.5 Å². The standard InChI is InChI=1S/C18H25ClN6O.C5H10O2/c1-4-5-10-25-14(26)12-23(3)16-15(25)17(22-18(19)21-16)24-9-7-6-8-13(11-24)20-2;1-5(2,3)7-4-6/h13,20H,6-12H2,1-3H3;4H,1-3H3. The molecule has 3 rings (SSSR count). The number of carbonyl (C=O) groups is 2. The van der Waals surface area contributed by atoms with Crippen molar-refractivity contribution in [2.45, 2.75) is 58.6 Å². The van der Waals surface area contributed by atoms with Gasteiger partial charge in [-0.15, -0.1) is 5.92 Å². The largest absolute Gasteiger partial charge is 0.462 e. The fourth-order valence-corrected chi connectivity index (χ4v) is 3.82. The molecule has 1 saturated heterocycles. The van der Waals surface area contributed by atoms with Crippen LogP contribution >= 0.6 is 11.6 Å². The zero-order valence-corrected chi connectivity index (χ0v) is 21.2. The van der Waals surface area contributed by atoms with Crippen LogP contribution in [0.25, 0.3) is 0 Å². The van der Waals surface area contributed by atoms with Gasteiger partial charge in [0, 0.05) is 26.2 Å². The Morgan fingerprint density at radius 3 is 2.55 bits per heavy atom. The number of aromatic nitrogens is 2. The van der Waals surface area contributed by atoms with Crippen molar-refractivity contribution in [3.63, 3.8) is 0 Å². The zero-order chi connectivity index (χ0) is 24.6. The van der Waals surface area contributed by atoms with Gasteiger partial charge in [-0.2, -0.15) is 9.97 Å². The Morgan fingerprint density at radius 2 is 1.97 bits per heavy atom. The number of likely N-dealkylation sites (N-methyl/N-ethyl adjacent to an activating group) is 2. The Balaban J connectivity index is 0.000000479. The molecule has 182 valence electrons. The number of ether oxygens (including phenoxy) is 1. The summed E-state index contributed by atoms with van der Waals surface area (Å²) in [6.45, 7) is 9.98. The van der Waals surface area contributed by atoms with E-state index >= 15 is 0 Å². The number of amides is 1. The lowest BCUT2D eigenvalue weighted by molar-refractivity contribution is -0.138. The highest BCUT2D eigenvalue weighted by Crippen LogP contribution is 2.40. The third-order valence-corrected chi connectivity index (χ3v) is 5.49. The molecule has 0 radical (unpaired) electrons. The van der Waals surface area contributed by atoms with E-state index in [1.807, 2.05) is 39.8 Å². The van der Waals surface area contributed by atoms with Crippen LogP contribution in [0.2, 0.25) is 5.28 Å². The van der Waals surface area contributed by atoms with Crippen molar-refractivity contribution in [3.05, 3.63) is 5.28 Å². The first-order valence-electron chi connectivity index (χ1n) is 11.1. The second-order valence-corrected chi connectivity index (χ2v) is 9.34. The Kier molecular flexibility index (Phi) is 9.74. The molecule has 0 spiro atoms. The minimum atomic E-state index is -0.318. The van der Waals surface area contributed by atoms with E-state index in [1.54, 1.807) is 11.8 Å². The maximum atomic E-state index is 12.7. The molecule has 9 nitrogen and oxygen atoms in total. The van der Waals surface area contributed by atoms with Crippen LogP contribution in [0.1, 0.15) is 47.0 Å². The molecular formula is C23H35ClN6O3. The lowest BCUT2D eigenvalue weighted by Gasteiger charge is -2.37. The SMILES string of the molecule is CC#CCN1C(=O)CN(C)c2nc(Cl)nc(N3CCCCC(NC)C3)c21.CC(C)(C)OC=O. The molecule has 0 aromatic carbocycles. The normalized spacial score (nSPS) is 18.3. The topological polar surface area (TPSA) is 90.9 Å². The molecule has 1 aromatic heterocycles. The van der Waals surface area contributed by atoms with Crippen LogP contribution in [0.4, 0.5) is 17.3 Å². The molecule has 0 aliphatic carbocycles. The van der Waals surface area contributed by atoms with Gasteiger partial charge in [-0.1, -0.05) is 12.3 Å². The van der Waals surface area contributed by atoms with E-state index in [9.17, 15) is 9.59 Å². The molecule has 33 heavy (non-hydrogen) atoms. The molecule has 1 fully saturated rings. The van der Waals surface area contributed by atoms with Gasteiger partial charge in [0.15, 0.2) is 11.6 Å². The van der Waals surface area contributed by atoms with E-state index in [0.29, 0.717) is 30.6 Å². The third kappa shape index (κ3) is 7.47. The molecule has 1 unspecified atom stereocenters. The summed E-state index contributed by atoms with van der Waals surface area (Å²) < 4.78 is 4.55. The van der Waals surface area contributed by atoms with Crippen molar-refractivity contribution < 1.29 is 14.3 Å². The Labute approximate surface area is 201 Å². The zero-order valence-electron chi connectivity index (χ0n) is 20.4. The van der Waals surface area contributed by atoms with Crippen LogP contribution in [-0.4, -0.2) is 74.3 Å². The minimum absolute atomic E-state index is 0.00471. The van der Waals surface area contributed by atoms with E-state index in [4.69, 9.17) is 11.6 Å². The van der Waals surface area contributed by atoms with Crippen LogP contribution < -0.4 is 20.0 Å². The number of nitrogens with one attached hydrogen (secondary N) is 1. The van der Waals surface area contributed by atoms with Gasteiger partial charge in [0.1, 0.15) is 11.3 Å². The van der Waals surface area contributed by atoms with E-state index in [0.717, 1.165) is 38.2 Å². The average molecular weight is 479 g/mol. The molecule has 0 saturated carbocycles. The number of nitrogens with zero attached hydrogens (tertiary/aromatic N) is 5. The highest BCUT2D eigenvalue weighted by molar-refractivity contribution is 6.28.